The van der Waals surface area contributed by atoms with Gasteiger partial charge in [-0.1, -0.05) is 17.2 Å². The van der Waals surface area contributed by atoms with Crippen LogP contribution in [0.4, 0.5) is 9.93 Å². The van der Waals surface area contributed by atoms with E-state index in [1.165, 1.54) is 29.7 Å². The van der Waals surface area contributed by atoms with E-state index in [0.29, 0.717) is 10.2 Å². The number of fused-ring (bicyclic) bond motifs is 1. The summed E-state index contributed by atoms with van der Waals surface area (Å²) in [5, 5.41) is 3.34. The van der Waals surface area contributed by atoms with Crippen molar-refractivity contribution < 1.29 is 28.8 Å². The second kappa shape index (κ2) is 8.00. The first-order chi connectivity index (χ1) is 13.6. The highest BCUT2D eigenvalue weighted by Gasteiger charge is 2.38. The molecule has 0 radical (unpaired) electrons. The van der Waals surface area contributed by atoms with E-state index in [-0.39, 0.29) is 24.0 Å². The molecule has 10 heteroatoms. The Hall–Kier alpha value is -3.27. The van der Waals surface area contributed by atoms with Gasteiger partial charge in [0.1, 0.15) is 5.60 Å². The Labute approximate surface area is 170 Å². The van der Waals surface area contributed by atoms with Crippen LogP contribution in [-0.4, -0.2) is 39.5 Å². The molecule has 1 aliphatic heterocycles. The maximum Gasteiger partial charge on any atom is 0.413 e. The summed E-state index contributed by atoms with van der Waals surface area (Å²) in [7, 11) is 0. The zero-order chi connectivity index (χ0) is 21.2. The highest BCUT2D eigenvalue weighted by Crippen LogP contribution is 2.24. The van der Waals surface area contributed by atoms with E-state index >= 15 is 0 Å². The van der Waals surface area contributed by atoms with Gasteiger partial charge in [0.25, 0.3) is 11.8 Å². The van der Waals surface area contributed by atoms with Crippen LogP contribution in [0.3, 0.4) is 0 Å². The fourth-order valence-electron chi connectivity index (χ4n) is 2.49. The van der Waals surface area contributed by atoms with Crippen LogP contribution in [0.2, 0.25) is 0 Å². The van der Waals surface area contributed by atoms with Crippen molar-refractivity contribution in [2.24, 2.45) is 0 Å². The number of nitrogens with one attached hydrogen (secondary N) is 1. The SMILES string of the molecule is CC(C)(C)OC(=O)Nc1ncc(CCC(=O)ON2C(=O)c3ccccc3C2=O)s1. The topological polar surface area (TPSA) is 115 Å². The molecule has 2 aromatic rings. The summed E-state index contributed by atoms with van der Waals surface area (Å²) in [6, 6.07) is 6.25. The molecule has 0 saturated carbocycles. The van der Waals surface area contributed by atoms with Crippen molar-refractivity contribution in [3.8, 4) is 0 Å². The number of hydrogen-bond donors (Lipinski definition) is 1. The summed E-state index contributed by atoms with van der Waals surface area (Å²) in [6.45, 7) is 5.25. The lowest BCUT2D eigenvalue weighted by Gasteiger charge is -2.18. The molecule has 1 N–H and O–H groups in total. The zero-order valence-electron chi connectivity index (χ0n) is 16.1. The number of carbonyl (C=O) groups is 4. The van der Waals surface area contributed by atoms with Gasteiger partial charge in [0.05, 0.1) is 17.5 Å². The van der Waals surface area contributed by atoms with Crippen molar-refractivity contribution in [2.45, 2.75) is 39.2 Å². The number of aromatic nitrogens is 1. The molecule has 1 aromatic carbocycles. The molecule has 29 heavy (non-hydrogen) atoms. The number of anilines is 1. The number of rotatable bonds is 5. The number of benzene rings is 1. The maximum absolute atomic E-state index is 12.2. The standard InChI is InChI=1S/C19H19N3O6S/c1-19(2,3)27-18(26)21-17-20-10-11(29-17)8-9-14(23)28-22-15(24)12-6-4-5-7-13(12)16(22)25/h4-7,10H,8-9H2,1-3H3,(H,20,21,26). The number of imide groups is 1. The third kappa shape index (κ3) is 4.96. The monoisotopic (exact) mass is 417 g/mol. The van der Waals surface area contributed by atoms with Gasteiger partial charge < -0.3 is 9.57 Å². The summed E-state index contributed by atoms with van der Waals surface area (Å²) in [5.74, 6) is -2.06. The number of amides is 3. The van der Waals surface area contributed by atoms with Gasteiger partial charge in [0.15, 0.2) is 5.13 Å². The average Bonchev–Trinajstić information content (AvgIpc) is 3.17. The van der Waals surface area contributed by atoms with E-state index in [1.54, 1.807) is 32.9 Å². The van der Waals surface area contributed by atoms with Crippen LogP contribution in [0, 0.1) is 0 Å². The quantitative estimate of drug-likeness (QED) is 0.743. The van der Waals surface area contributed by atoms with Crippen molar-refractivity contribution in [1.29, 1.82) is 0 Å². The van der Waals surface area contributed by atoms with E-state index < -0.39 is 29.5 Å². The van der Waals surface area contributed by atoms with Gasteiger partial charge >= 0.3 is 12.1 Å². The minimum Gasteiger partial charge on any atom is -0.444 e. The summed E-state index contributed by atoms with van der Waals surface area (Å²) >= 11 is 1.18. The average molecular weight is 417 g/mol. The highest BCUT2D eigenvalue weighted by molar-refractivity contribution is 7.15. The van der Waals surface area contributed by atoms with Crippen LogP contribution in [0.15, 0.2) is 30.5 Å². The minimum absolute atomic E-state index is 0.0680. The predicted octanol–water partition coefficient (Wildman–Crippen LogP) is 3.18. The largest absolute Gasteiger partial charge is 0.444 e. The van der Waals surface area contributed by atoms with E-state index in [1.807, 2.05) is 0 Å². The lowest BCUT2D eigenvalue weighted by molar-refractivity contribution is -0.168. The van der Waals surface area contributed by atoms with E-state index in [2.05, 4.69) is 10.3 Å². The molecule has 3 amide bonds. The molecular formula is C19H19N3O6S. The maximum atomic E-state index is 12.2. The molecule has 152 valence electrons. The zero-order valence-corrected chi connectivity index (χ0v) is 16.9. The lowest BCUT2D eigenvalue weighted by atomic mass is 10.1. The Bertz CT molecular complexity index is 943. The number of nitrogens with zero attached hydrogens (tertiary/aromatic N) is 2. The van der Waals surface area contributed by atoms with Crippen molar-refractivity contribution in [2.75, 3.05) is 5.32 Å². The van der Waals surface area contributed by atoms with Crippen molar-refractivity contribution in [3.05, 3.63) is 46.5 Å². The molecule has 0 atom stereocenters. The third-order valence-electron chi connectivity index (χ3n) is 3.69. The van der Waals surface area contributed by atoms with Crippen LogP contribution in [0.1, 0.15) is 52.8 Å². The van der Waals surface area contributed by atoms with Crippen LogP contribution < -0.4 is 5.32 Å². The number of thiazole rings is 1. The first-order valence-corrected chi connectivity index (χ1v) is 9.59. The molecule has 0 saturated heterocycles. The summed E-state index contributed by atoms with van der Waals surface area (Å²) in [6.07, 6.45) is 1.10. The Kier molecular flexibility index (Phi) is 5.64. The van der Waals surface area contributed by atoms with Gasteiger partial charge in [-0.15, -0.1) is 11.3 Å². The molecule has 9 nitrogen and oxygen atoms in total. The van der Waals surface area contributed by atoms with Gasteiger partial charge in [0, 0.05) is 11.1 Å². The normalized spacial score (nSPS) is 13.3. The summed E-state index contributed by atoms with van der Waals surface area (Å²) < 4.78 is 5.14. The van der Waals surface area contributed by atoms with Crippen LogP contribution in [0.5, 0.6) is 0 Å². The van der Waals surface area contributed by atoms with Crippen LogP contribution in [0.25, 0.3) is 0 Å². The lowest BCUT2D eigenvalue weighted by Crippen LogP contribution is -2.32. The predicted molar refractivity (Wildman–Crippen MR) is 103 cm³/mol. The third-order valence-corrected chi connectivity index (χ3v) is 4.66. The number of aryl methyl sites for hydroxylation is 1. The van der Waals surface area contributed by atoms with Gasteiger partial charge in [-0.3, -0.25) is 14.9 Å². The first-order valence-electron chi connectivity index (χ1n) is 8.77. The Morgan fingerprint density at radius 1 is 1.14 bits per heavy atom. The first kappa shape index (κ1) is 20.5. The molecule has 1 aromatic heterocycles. The molecule has 1 aliphatic rings. The summed E-state index contributed by atoms with van der Waals surface area (Å²) in [4.78, 5) is 57.9. The molecule has 0 spiro atoms. The number of ether oxygens (including phenoxy) is 1. The molecule has 0 bridgehead atoms. The second-order valence-corrected chi connectivity index (χ2v) is 8.29. The molecule has 2 heterocycles. The fourth-order valence-corrected chi connectivity index (χ4v) is 3.29. The van der Waals surface area contributed by atoms with Crippen LogP contribution >= 0.6 is 11.3 Å². The van der Waals surface area contributed by atoms with E-state index in [9.17, 15) is 19.2 Å². The van der Waals surface area contributed by atoms with Gasteiger partial charge in [-0.25, -0.2) is 14.6 Å². The number of hydrogen-bond acceptors (Lipinski definition) is 8. The highest BCUT2D eigenvalue weighted by atomic mass is 32.1. The van der Waals surface area contributed by atoms with Crippen molar-refractivity contribution in [1.82, 2.24) is 10.0 Å². The van der Waals surface area contributed by atoms with E-state index in [4.69, 9.17) is 9.57 Å². The molecule has 0 fully saturated rings. The number of carbonyl (C=O) groups excluding carboxylic acids is 4. The number of hydroxylamine groups is 2. The molecule has 0 aliphatic carbocycles. The Morgan fingerprint density at radius 2 is 1.76 bits per heavy atom. The summed E-state index contributed by atoms with van der Waals surface area (Å²) in [5.41, 5.74) is -0.228. The minimum atomic E-state index is -0.727. The fraction of sp³-hybridized carbons (Fsp3) is 0.316. The molecular weight excluding hydrogens is 398 g/mol. The van der Waals surface area contributed by atoms with Crippen molar-refractivity contribution >= 4 is 40.3 Å². The molecule has 0 unspecified atom stereocenters. The van der Waals surface area contributed by atoms with E-state index in [0.717, 1.165) is 4.88 Å². The smallest absolute Gasteiger partial charge is 0.413 e. The van der Waals surface area contributed by atoms with Gasteiger partial charge in [0.2, 0.25) is 0 Å². The molecule has 3 rings (SSSR count). The van der Waals surface area contributed by atoms with Gasteiger partial charge in [-0.2, -0.15) is 0 Å². The Balaban J connectivity index is 1.51. The Morgan fingerprint density at radius 3 is 2.34 bits per heavy atom. The van der Waals surface area contributed by atoms with Gasteiger partial charge in [-0.05, 0) is 39.3 Å². The second-order valence-electron chi connectivity index (χ2n) is 7.17. The van der Waals surface area contributed by atoms with Crippen LogP contribution in [-0.2, 0) is 20.8 Å². The van der Waals surface area contributed by atoms with Crippen molar-refractivity contribution in [3.63, 3.8) is 0 Å².